The third-order valence-corrected chi connectivity index (χ3v) is 4.10. The van der Waals surface area contributed by atoms with Crippen LogP contribution in [0.2, 0.25) is 0 Å². The topological polar surface area (TPSA) is 42.4 Å². The fraction of sp³-hybridized carbons (Fsp3) is 0.368. The molecule has 0 saturated carbocycles. The van der Waals surface area contributed by atoms with Crippen LogP contribution in [0, 0.1) is 11.8 Å². The molecule has 23 heavy (non-hydrogen) atoms. The molecule has 2 aromatic rings. The molecule has 2 heterocycles. The van der Waals surface area contributed by atoms with E-state index >= 15 is 0 Å². The Morgan fingerprint density at radius 3 is 2.61 bits per heavy atom. The van der Waals surface area contributed by atoms with E-state index < -0.39 is 0 Å². The maximum Gasteiger partial charge on any atom is 0.254 e. The second-order valence-electron chi connectivity index (χ2n) is 6.45. The molecule has 2 atom stereocenters. The lowest BCUT2D eigenvalue weighted by Crippen LogP contribution is -2.42. The molecular formula is C19H22N2O2. The number of pyridine rings is 1. The average Bonchev–Trinajstić information content (AvgIpc) is 2.54. The lowest BCUT2D eigenvalue weighted by atomic mass is 9.91. The van der Waals surface area contributed by atoms with E-state index in [1.807, 2.05) is 35.2 Å². The van der Waals surface area contributed by atoms with Gasteiger partial charge in [-0.25, -0.2) is 4.98 Å². The van der Waals surface area contributed by atoms with E-state index in [1.165, 1.54) is 6.42 Å². The number of piperidine rings is 1. The lowest BCUT2D eigenvalue weighted by molar-refractivity contribution is 0.0623. The first-order chi connectivity index (χ1) is 11.1. The zero-order valence-corrected chi connectivity index (χ0v) is 13.6. The second-order valence-corrected chi connectivity index (χ2v) is 6.45. The number of carbonyl (C=O) groups is 1. The Bertz CT molecular complexity index is 662. The molecule has 120 valence electrons. The molecule has 4 heteroatoms. The Morgan fingerprint density at radius 1 is 1.13 bits per heavy atom. The molecule has 3 rings (SSSR count). The van der Waals surface area contributed by atoms with Crippen molar-refractivity contribution in [1.29, 1.82) is 0 Å². The minimum Gasteiger partial charge on any atom is -0.439 e. The van der Waals surface area contributed by atoms with E-state index in [0.29, 0.717) is 29.0 Å². The fourth-order valence-corrected chi connectivity index (χ4v) is 3.23. The molecular weight excluding hydrogens is 288 g/mol. The number of rotatable bonds is 3. The van der Waals surface area contributed by atoms with Gasteiger partial charge in [0, 0.05) is 30.9 Å². The highest BCUT2D eigenvalue weighted by Crippen LogP contribution is 2.25. The van der Waals surface area contributed by atoms with Crippen LogP contribution in [-0.4, -0.2) is 28.9 Å². The molecule has 1 fully saturated rings. The normalized spacial score (nSPS) is 21.0. The highest BCUT2D eigenvalue weighted by Gasteiger charge is 2.26. The van der Waals surface area contributed by atoms with Gasteiger partial charge < -0.3 is 9.64 Å². The van der Waals surface area contributed by atoms with E-state index in [9.17, 15) is 4.79 Å². The number of nitrogens with zero attached hydrogens (tertiary/aromatic N) is 2. The van der Waals surface area contributed by atoms with Crippen molar-refractivity contribution in [3.63, 3.8) is 0 Å². The average molecular weight is 310 g/mol. The maximum atomic E-state index is 12.8. The molecule has 0 spiro atoms. The van der Waals surface area contributed by atoms with Crippen LogP contribution in [0.25, 0.3) is 0 Å². The van der Waals surface area contributed by atoms with Gasteiger partial charge in [0.25, 0.3) is 5.91 Å². The molecule has 1 saturated heterocycles. The van der Waals surface area contributed by atoms with Gasteiger partial charge in [-0.2, -0.15) is 0 Å². The van der Waals surface area contributed by atoms with Crippen molar-refractivity contribution in [2.45, 2.75) is 20.3 Å². The summed E-state index contributed by atoms with van der Waals surface area (Å²) >= 11 is 0. The maximum absolute atomic E-state index is 12.8. The SMILES string of the molecule is CC1CC(C)CN(C(=O)c2cccc(Oc3ccccn3)c2)C1. The first-order valence-electron chi connectivity index (χ1n) is 8.10. The van der Waals surface area contributed by atoms with Crippen molar-refractivity contribution in [3.8, 4) is 11.6 Å². The summed E-state index contributed by atoms with van der Waals surface area (Å²) in [5.41, 5.74) is 0.666. The van der Waals surface area contributed by atoms with Gasteiger partial charge in [-0.3, -0.25) is 4.79 Å². The molecule has 1 aromatic heterocycles. The van der Waals surface area contributed by atoms with E-state index in [4.69, 9.17) is 4.74 Å². The van der Waals surface area contributed by atoms with Crippen LogP contribution in [0.3, 0.4) is 0 Å². The number of benzene rings is 1. The number of carbonyl (C=O) groups excluding carboxylic acids is 1. The summed E-state index contributed by atoms with van der Waals surface area (Å²) in [6.45, 7) is 6.07. The molecule has 0 radical (unpaired) electrons. The fourth-order valence-electron chi connectivity index (χ4n) is 3.23. The summed E-state index contributed by atoms with van der Waals surface area (Å²) in [5.74, 6) is 2.34. The summed E-state index contributed by atoms with van der Waals surface area (Å²) in [5, 5.41) is 0. The number of hydrogen-bond acceptors (Lipinski definition) is 3. The monoisotopic (exact) mass is 310 g/mol. The van der Waals surface area contributed by atoms with Gasteiger partial charge in [-0.15, -0.1) is 0 Å². The van der Waals surface area contributed by atoms with Crippen molar-refractivity contribution >= 4 is 5.91 Å². The molecule has 1 aliphatic heterocycles. The predicted octanol–water partition coefficient (Wildman–Crippen LogP) is 3.99. The Labute approximate surface area is 137 Å². The van der Waals surface area contributed by atoms with Gasteiger partial charge in [0.2, 0.25) is 5.88 Å². The van der Waals surface area contributed by atoms with E-state index in [0.717, 1.165) is 13.1 Å². The molecule has 1 amide bonds. The minimum absolute atomic E-state index is 0.0786. The summed E-state index contributed by atoms with van der Waals surface area (Å²) in [4.78, 5) is 18.8. The number of amides is 1. The Balaban J connectivity index is 1.75. The lowest BCUT2D eigenvalue weighted by Gasteiger charge is -2.35. The minimum atomic E-state index is 0.0786. The quantitative estimate of drug-likeness (QED) is 0.861. The molecule has 1 aliphatic rings. The third-order valence-electron chi connectivity index (χ3n) is 4.10. The van der Waals surface area contributed by atoms with Crippen molar-refractivity contribution in [3.05, 3.63) is 54.2 Å². The summed E-state index contributed by atoms with van der Waals surface area (Å²) in [6, 6.07) is 12.8. The zero-order chi connectivity index (χ0) is 16.2. The molecule has 0 N–H and O–H groups in total. The molecule has 2 unspecified atom stereocenters. The summed E-state index contributed by atoms with van der Waals surface area (Å²) < 4.78 is 5.72. The highest BCUT2D eigenvalue weighted by atomic mass is 16.5. The number of likely N-dealkylation sites (tertiary alicyclic amines) is 1. The second kappa shape index (κ2) is 6.82. The zero-order valence-electron chi connectivity index (χ0n) is 13.6. The van der Waals surface area contributed by atoms with Gasteiger partial charge in [0.1, 0.15) is 5.75 Å². The standard InChI is InChI=1S/C19H22N2O2/c1-14-10-15(2)13-21(12-14)19(22)16-6-5-7-17(11-16)23-18-8-3-4-9-20-18/h3-9,11,14-15H,10,12-13H2,1-2H3. The Morgan fingerprint density at radius 2 is 1.91 bits per heavy atom. The van der Waals surface area contributed by atoms with Crippen LogP contribution in [0.4, 0.5) is 0 Å². The van der Waals surface area contributed by atoms with Crippen molar-refractivity contribution in [2.24, 2.45) is 11.8 Å². The van der Waals surface area contributed by atoms with Gasteiger partial charge in [-0.05, 0) is 42.5 Å². The number of ether oxygens (including phenoxy) is 1. The van der Waals surface area contributed by atoms with Gasteiger partial charge in [0.05, 0.1) is 0 Å². The highest BCUT2D eigenvalue weighted by molar-refractivity contribution is 5.94. The molecule has 0 aliphatic carbocycles. The van der Waals surface area contributed by atoms with Crippen molar-refractivity contribution in [2.75, 3.05) is 13.1 Å². The van der Waals surface area contributed by atoms with Crippen LogP contribution in [0.15, 0.2) is 48.7 Å². The van der Waals surface area contributed by atoms with Crippen molar-refractivity contribution in [1.82, 2.24) is 9.88 Å². The first-order valence-corrected chi connectivity index (χ1v) is 8.10. The first kappa shape index (κ1) is 15.5. The summed E-state index contributed by atoms with van der Waals surface area (Å²) in [7, 11) is 0. The third kappa shape index (κ3) is 3.89. The van der Waals surface area contributed by atoms with Crippen LogP contribution in [0.5, 0.6) is 11.6 Å². The van der Waals surface area contributed by atoms with Crippen LogP contribution in [0.1, 0.15) is 30.6 Å². The smallest absolute Gasteiger partial charge is 0.254 e. The predicted molar refractivity (Wildman–Crippen MR) is 89.6 cm³/mol. The molecule has 0 bridgehead atoms. The number of hydrogen-bond donors (Lipinski definition) is 0. The van der Waals surface area contributed by atoms with Crippen LogP contribution >= 0.6 is 0 Å². The Hall–Kier alpha value is -2.36. The van der Waals surface area contributed by atoms with E-state index in [1.54, 1.807) is 18.3 Å². The van der Waals surface area contributed by atoms with Gasteiger partial charge >= 0.3 is 0 Å². The number of aromatic nitrogens is 1. The van der Waals surface area contributed by atoms with Crippen LogP contribution in [-0.2, 0) is 0 Å². The largest absolute Gasteiger partial charge is 0.439 e. The van der Waals surface area contributed by atoms with E-state index in [-0.39, 0.29) is 5.91 Å². The van der Waals surface area contributed by atoms with Crippen molar-refractivity contribution < 1.29 is 9.53 Å². The van der Waals surface area contributed by atoms with Gasteiger partial charge in [-0.1, -0.05) is 26.0 Å². The van der Waals surface area contributed by atoms with Gasteiger partial charge in [0.15, 0.2) is 0 Å². The summed E-state index contributed by atoms with van der Waals surface area (Å²) in [6.07, 6.45) is 2.87. The molecule has 4 nitrogen and oxygen atoms in total. The Kier molecular flexibility index (Phi) is 4.60. The molecule has 1 aromatic carbocycles. The van der Waals surface area contributed by atoms with E-state index in [2.05, 4.69) is 18.8 Å². The van der Waals surface area contributed by atoms with Crippen LogP contribution < -0.4 is 4.74 Å².